The summed E-state index contributed by atoms with van der Waals surface area (Å²) in [6.45, 7) is 7.87. The summed E-state index contributed by atoms with van der Waals surface area (Å²) in [5.74, 6) is -0.151. The van der Waals surface area contributed by atoms with Crippen molar-refractivity contribution in [3.05, 3.63) is 34.8 Å². The summed E-state index contributed by atoms with van der Waals surface area (Å²) in [6, 6.07) is 8.14. The van der Waals surface area contributed by atoms with Gasteiger partial charge in [-0.2, -0.15) is 0 Å². The second-order valence-electron chi connectivity index (χ2n) is 8.51. The van der Waals surface area contributed by atoms with Gasteiger partial charge in [-0.25, -0.2) is 4.98 Å². The Morgan fingerprint density at radius 2 is 1.81 bits per heavy atom. The molecule has 7 nitrogen and oxygen atoms in total. The molecular formula is C23H31N5O2S. The van der Waals surface area contributed by atoms with Crippen molar-refractivity contribution in [2.45, 2.75) is 39.5 Å². The second kappa shape index (κ2) is 9.78. The molecule has 2 N–H and O–H groups in total. The summed E-state index contributed by atoms with van der Waals surface area (Å²) < 4.78 is 0. The first-order valence-corrected chi connectivity index (χ1v) is 11.9. The Labute approximate surface area is 187 Å². The number of benzene rings is 1. The number of hydrogen-bond acceptors (Lipinski definition) is 6. The van der Waals surface area contributed by atoms with Crippen LogP contribution >= 0.6 is 11.3 Å². The van der Waals surface area contributed by atoms with Crippen LogP contribution < -0.4 is 15.5 Å². The van der Waals surface area contributed by atoms with Crippen LogP contribution in [0.2, 0.25) is 0 Å². The molecule has 0 spiro atoms. The minimum atomic E-state index is -0.107. The SMILES string of the molecule is Cc1nc(NC(=O)CN2CCCC(C(=O)Nc3ccc(N4CCCC4)cc3)C2)sc1C. The number of aromatic nitrogens is 1. The molecule has 3 heterocycles. The van der Waals surface area contributed by atoms with Gasteiger partial charge in [-0.05, 0) is 70.3 Å². The molecule has 2 aliphatic heterocycles. The van der Waals surface area contributed by atoms with Gasteiger partial charge in [0.1, 0.15) is 0 Å². The van der Waals surface area contributed by atoms with Crippen LogP contribution in [0.3, 0.4) is 0 Å². The number of nitrogens with one attached hydrogen (secondary N) is 2. The highest BCUT2D eigenvalue weighted by molar-refractivity contribution is 7.15. The fourth-order valence-electron chi connectivity index (χ4n) is 4.28. The van der Waals surface area contributed by atoms with E-state index in [1.807, 2.05) is 26.0 Å². The Balaban J connectivity index is 1.27. The van der Waals surface area contributed by atoms with Crippen LogP contribution in [-0.2, 0) is 9.59 Å². The van der Waals surface area contributed by atoms with Crippen LogP contribution in [0.4, 0.5) is 16.5 Å². The van der Waals surface area contributed by atoms with Crippen molar-refractivity contribution in [2.75, 3.05) is 48.3 Å². The van der Waals surface area contributed by atoms with E-state index < -0.39 is 0 Å². The highest BCUT2D eigenvalue weighted by Gasteiger charge is 2.27. The Hall–Kier alpha value is -2.45. The molecule has 1 atom stereocenters. The first-order valence-electron chi connectivity index (χ1n) is 11.1. The molecule has 0 bridgehead atoms. The fourth-order valence-corrected chi connectivity index (χ4v) is 5.11. The van der Waals surface area contributed by atoms with Crippen LogP contribution in [0.15, 0.2) is 24.3 Å². The first kappa shape index (κ1) is 21.8. The lowest BCUT2D eigenvalue weighted by Gasteiger charge is -2.31. The van der Waals surface area contributed by atoms with Gasteiger partial charge in [-0.1, -0.05) is 0 Å². The lowest BCUT2D eigenvalue weighted by atomic mass is 9.97. The lowest BCUT2D eigenvalue weighted by molar-refractivity contribution is -0.123. The maximum atomic E-state index is 12.8. The van der Waals surface area contributed by atoms with E-state index in [9.17, 15) is 9.59 Å². The summed E-state index contributed by atoms with van der Waals surface area (Å²) in [5, 5.41) is 6.59. The molecule has 0 aliphatic carbocycles. The first-order chi connectivity index (χ1) is 15.0. The molecule has 4 rings (SSSR count). The van der Waals surface area contributed by atoms with Crippen LogP contribution in [0, 0.1) is 19.8 Å². The predicted molar refractivity (Wildman–Crippen MR) is 126 cm³/mol. The quantitative estimate of drug-likeness (QED) is 0.716. The smallest absolute Gasteiger partial charge is 0.240 e. The Morgan fingerprint density at radius 3 is 2.48 bits per heavy atom. The van der Waals surface area contributed by atoms with Crippen LogP contribution in [-0.4, -0.2) is 54.4 Å². The molecule has 0 saturated carbocycles. The predicted octanol–water partition coefficient (Wildman–Crippen LogP) is 3.65. The van der Waals surface area contributed by atoms with Crippen LogP contribution in [0.1, 0.15) is 36.3 Å². The average Bonchev–Trinajstić information content (AvgIpc) is 3.39. The Morgan fingerprint density at radius 1 is 1.06 bits per heavy atom. The summed E-state index contributed by atoms with van der Waals surface area (Å²) in [4.78, 5) is 35.1. The van der Waals surface area contributed by atoms with Crippen LogP contribution in [0.5, 0.6) is 0 Å². The van der Waals surface area contributed by atoms with Crippen molar-refractivity contribution in [2.24, 2.45) is 5.92 Å². The van der Waals surface area contributed by atoms with Gasteiger partial charge in [0.25, 0.3) is 0 Å². The highest BCUT2D eigenvalue weighted by Crippen LogP contribution is 2.24. The molecule has 2 saturated heterocycles. The van der Waals surface area contributed by atoms with Crippen molar-refractivity contribution >= 4 is 39.7 Å². The van der Waals surface area contributed by atoms with Gasteiger partial charge in [-0.3, -0.25) is 14.5 Å². The van der Waals surface area contributed by atoms with Crippen molar-refractivity contribution in [3.63, 3.8) is 0 Å². The van der Waals surface area contributed by atoms with E-state index in [1.54, 1.807) is 0 Å². The van der Waals surface area contributed by atoms with Gasteiger partial charge in [-0.15, -0.1) is 11.3 Å². The largest absolute Gasteiger partial charge is 0.372 e. The molecule has 1 unspecified atom stereocenters. The van der Waals surface area contributed by atoms with E-state index in [1.165, 1.54) is 29.9 Å². The zero-order chi connectivity index (χ0) is 21.8. The fraction of sp³-hybridized carbons (Fsp3) is 0.522. The van der Waals surface area contributed by atoms with Gasteiger partial charge in [0, 0.05) is 35.9 Å². The van der Waals surface area contributed by atoms with E-state index in [0.717, 1.165) is 48.7 Å². The summed E-state index contributed by atoms with van der Waals surface area (Å²) in [6.07, 6.45) is 4.25. The number of likely N-dealkylation sites (tertiary alicyclic amines) is 1. The maximum Gasteiger partial charge on any atom is 0.240 e. The maximum absolute atomic E-state index is 12.8. The van der Waals surface area contributed by atoms with Crippen LogP contribution in [0.25, 0.3) is 0 Å². The van der Waals surface area contributed by atoms with Gasteiger partial charge in [0.2, 0.25) is 11.8 Å². The molecule has 166 valence electrons. The minimum absolute atomic E-state index is 0.0326. The molecule has 2 aromatic rings. The molecule has 1 aromatic heterocycles. The Bertz CT molecular complexity index is 901. The number of rotatable bonds is 6. The van der Waals surface area contributed by atoms with Crippen molar-refractivity contribution in [3.8, 4) is 0 Å². The zero-order valence-corrected chi connectivity index (χ0v) is 19.1. The van der Waals surface area contributed by atoms with Gasteiger partial charge >= 0.3 is 0 Å². The van der Waals surface area contributed by atoms with E-state index in [2.05, 4.69) is 37.6 Å². The molecule has 8 heteroatoms. The summed E-state index contributed by atoms with van der Waals surface area (Å²) in [7, 11) is 0. The molecule has 2 aliphatic rings. The van der Waals surface area contributed by atoms with E-state index in [0.29, 0.717) is 11.7 Å². The lowest BCUT2D eigenvalue weighted by Crippen LogP contribution is -2.43. The number of carbonyl (C=O) groups is 2. The third-order valence-corrected chi connectivity index (χ3v) is 7.11. The van der Waals surface area contributed by atoms with Gasteiger partial charge in [0.15, 0.2) is 5.13 Å². The summed E-state index contributed by atoms with van der Waals surface area (Å²) in [5.41, 5.74) is 3.00. The van der Waals surface area contributed by atoms with E-state index in [4.69, 9.17) is 0 Å². The molecule has 2 fully saturated rings. The summed E-state index contributed by atoms with van der Waals surface area (Å²) >= 11 is 1.49. The number of amides is 2. The van der Waals surface area contributed by atoms with E-state index in [-0.39, 0.29) is 24.3 Å². The molecule has 1 aromatic carbocycles. The van der Waals surface area contributed by atoms with Crippen molar-refractivity contribution < 1.29 is 9.59 Å². The standard InChI is InChI=1S/C23H31N5O2S/c1-16-17(2)31-23(24-16)26-21(29)15-27-11-5-6-18(14-27)22(30)25-19-7-9-20(10-8-19)28-12-3-4-13-28/h7-10,18H,3-6,11-15H2,1-2H3,(H,25,30)(H,24,26,29). The van der Waals surface area contributed by atoms with Crippen molar-refractivity contribution in [1.29, 1.82) is 0 Å². The average molecular weight is 442 g/mol. The number of anilines is 3. The number of aryl methyl sites for hydroxylation is 2. The Kier molecular flexibility index (Phi) is 6.87. The third kappa shape index (κ3) is 5.62. The highest BCUT2D eigenvalue weighted by atomic mass is 32.1. The number of nitrogens with zero attached hydrogens (tertiary/aromatic N) is 3. The molecule has 31 heavy (non-hydrogen) atoms. The normalized spacial score (nSPS) is 19.4. The van der Waals surface area contributed by atoms with Gasteiger partial charge < -0.3 is 15.5 Å². The zero-order valence-electron chi connectivity index (χ0n) is 18.3. The van der Waals surface area contributed by atoms with Gasteiger partial charge in [0.05, 0.1) is 18.2 Å². The van der Waals surface area contributed by atoms with Crippen molar-refractivity contribution in [1.82, 2.24) is 9.88 Å². The number of hydrogen-bond donors (Lipinski definition) is 2. The number of thiazole rings is 1. The molecule has 2 amide bonds. The molecular weight excluding hydrogens is 410 g/mol. The molecule has 0 radical (unpaired) electrons. The number of piperidine rings is 1. The monoisotopic (exact) mass is 441 g/mol. The number of carbonyl (C=O) groups excluding carboxylic acids is 2. The third-order valence-electron chi connectivity index (χ3n) is 6.12. The minimum Gasteiger partial charge on any atom is -0.372 e. The second-order valence-corrected chi connectivity index (χ2v) is 9.72. The topological polar surface area (TPSA) is 77.6 Å². The van der Waals surface area contributed by atoms with E-state index >= 15 is 0 Å².